The van der Waals surface area contributed by atoms with Gasteiger partial charge >= 0.3 is 0 Å². The number of nitrogens with one attached hydrogen (secondary N) is 2. The number of rotatable bonds is 16. The first kappa shape index (κ1) is 35.6. The molecule has 0 spiro atoms. The van der Waals surface area contributed by atoms with Crippen molar-refractivity contribution in [2.75, 3.05) is 39.2 Å². The van der Waals surface area contributed by atoms with E-state index in [-0.39, 0.29) is 28.8 Å². The number of hydrogen-bond acceptors (Lipinski definition) is 8. The summed E-state index contributed by atoms with van der Waals surface area (Å²) in [5.74, 6) is 0.804. The van der Waals surface area contributed by atoms with Crippen LogP contribution < -0.4 is 29.0 Å². The molecule has 0 aliphatic heterocycles. The molecule has 2 amide bonds. The van der Waals surface area contributed by atoms with Gasteiger partial charge in [0.15, 0.2) is 18.1 Å². The molecule has 11 nitrogen and oxygen atoms in total. The zero-order valence-electron chi connectivity index (χ0n) is 27.1. The lowest BCUT2D eigenvalue weighted by molar-refractivity contribution is -0.142. The van der Waals surface area contributed by atoms with Crippen molar-refractivity contribution in [3.8, 4) is 23.0 Å². The summed E-state index contributed by atoms with van der Waals surface area (Å²) in [5, 5.41) is 2.90. The van der Waals surface area contributed by atoms with Gasteiger partial charge < -0.3 is 29.2 Å². The number of anilines is 1. The lowest BCUT2D eigenvalue weighted by Gasteiger charge is -2.29. The quantitative estimate of drug-likeness (QED) is 0.173. The largest absolute Gasteiger partial charge is 0.497 e. The maximum absolute atomic E-state index is 13.5. The molecular weight excluding hydrogens is 641 g/mol. The van der Waals surface area contributed by atoms with Crippen molar-refractivity contribution < 1.29 is 41.3 Å². The first-order valence-electron chi connectivity index (χ1n) is 14.9. The summed E-state index contributed by atoms with van der Waals surface area (Å²) in [6, 6.07) is 22.2. The SMILES string of the molecule is COc1ccc(CN(C(=O)COc2ccc(S(=O)(=O)Nc3ccc(F)cc3)cc2)[C@H](C)C(=O)NCCc2ccc(OC)c(OC)c2)cc1. The number of amides is 2. The standard InChI is InChI=1S/C35H38FN3O8S/c1-24(35(41)37-20-19-25-7-18-32(45-3)33(21-25)46-4)39(22-26-5-12-29(44-2)13-6-26)34(40)23-47-30-14-16-31(17-15-30)48(42,43)38-28-10-8-27(36)9-11-28/h5-18,21,24,38H,19-20,22-23H2,1-4H3,(H,37,41)/t24-/m1/s1. The smallest absolute Gasteiger partial charge is 0.261 e. The number of carbonyl (C=O) groups excluding carboxylic acids is 2. The number of nitrogens with zero attached hydrogens (tertiary/aromatic N) is 1. The van der Waals surface area contributed by atoms with E-state index in [1.165, 1.54) is 41.3 Å². The lowest BCUT2D eigenvalue weighted by atomic mass is 10.1. The minimum absolute atomic E-state index is 0.0509. The molecule has 4 aromatic rings. The highest BCUT2D eigenvalue weighted by molar-refractivity contribution is 7.92. The Morgan fingerprint density at radius 3 is 2.04 bits per heavy atom. The van der Waals surface area contributed by atoms with E-state index in [4.69, 9.17) is 18.9 Å². The highest BCUT2D eigenvalue weighted by Gasteiger charge is 2.26. The third kappa shape index (κ3) is 9.61. The molecule has 0 heterocycles. The third-order valence-corrected chi connectivity index (χ3v) is 8.83. The highest BCUT2D eigenvalue weighted by Crippen LogP contribution is 2.27. The van der Waals surface area contributed by atoms with Crippen LogP contribution in [0.4, 0.5) is 10.1 Å². The molecule has 0 radical (unpaired) electrons. The van der Waals surface area contributed by atoms with Gasteiger partial charge in [0.25, 0.3) is 15.9 Å². The van der Waals surface area contributed by atoms with Gasteiger partial charge in [-0.05, 0) is 97.3 Å². The highest BCUT2D eigenvalue weighted by atomic mass is 32.2. The molecule has 0 saturated carbocycles. The number of sulfonamides is 1. The summed E-state index contributed by atoms with van der Waals surface area (Å²) in [6.45, 7) is 1.69. The van der Waals surface area contributed by atoms with Gasteiger partial charge in [-0.25, -0.2) is 12.8 Å². The van der Waals surface area contributed by atoms with E-state index < -0.39 is 34.4 Å². The van der Waals surface area contributed by atoms with Gasteiger partial charge in [-0.1, -0.05) is 18.2 Å². The summed E-state index contributed by atoms with van der Waals surface area (Å²) < 4.78 is 62.7. The number of benzene rings is 4. The summed E-state index contributed by atoms with van der Waals surface area (Å²) in [7, 11) is 0.720. The van der Waals surface area contributed by atoms with E-state index in [0.717, 1.165) is 23.3 Å². The first-order valence-corrected chi connectivity index (χ1v) is 16.4. The van der Waals surface area contributed by atoms with Crippen molar-refractivity contribution in [3.63, 3.8) is 0 Å². The second kappa shape index (κ2) is 16.5. The van der Waals surface area contributed by atoms with Crippen molar-refractivity contribution >= 4 is 27.5 Å². The Morgan fingerprint density at radius 1 is 0.792 bits per heavy atom. The minimum Gasteiger partial charge on any atom is -0.497 e. The monoisotopic (exact) mass is 679 g/mol. The molecule has 48 heavy (non-hydrogen) atoms. The Hall–Kier alpha value is -5.30. The number of methoxy groups -OCH3 is 3. The molecule has 4 aromatic carbocycles. The van der Waals surface area contributed by atoms with E-state index >= 15 is 0 Å². The molecule has 254 valence electrons. The Kier molecular flexibility index (Phi) is 12.2. The van der Waals surface area contributed by atoms with Crippen LogP contribution in [0.2, 0.25) is 0 Å². The fraction of sp³-hybridized carbons (Fsp3) is 0.257. The second-order valence-corrected chi connectivity index (χ2v) is 12.3. The molecule has 0 fully saturated rings. The first-order chi connectivity index (χ1) is 23.0. The summed E-state index contributed by atoms with van der Waals surface area (Å²) in [5.41, 5.74) is 1.92. The number of ether oxygens (including phenoxy) is 4. The number of carbonyl (C=O) groups is 2. The fourth-order valence-electron chi connectivity index (χ4n) is 4.70. The van der Waals surface area contributed by atoms with Crippen LogP contribution in [0.15, 0.2) is 95.9 Å². The van der Waals surface area contributed by atoms with E-state index in [2.05, 4.69) is 10.0 Å². The van der Waals surface area contributed by atoms with E-state index in [1.54, 1.807) is 58.6 Å². The van der Waals surface area contributed by atoms with Crippen molar-refractivity contribution in [1.82, 2.24) is 10.2 Å². The molecule has 4 rings (SSSR count). The van der Waals surface area contributed by atoms with Crippen LogP contribution in [0.1, 0.15) is 18.1 Å². The number of halogens is 1. The van der Waals surface area contributed by atoms with Gasteiger partial charge in [0.05, 0.1) is 26.2 Å². The summed E-state index contributed by atoms with van der Waals surface area (Å²) >= 11 is 0. The second-order valence-electron chi connectivity index (χ2n) is 10.6. The Balaban J connectivity index is 1.40. The predicted molar refractivity (Wildman–Crippen MR) is 178 cm³/mol. The van der Waals surface area contributed by atoms with E-state index in [0.29, 0.717) is 30.2 Å². The van der Waals surface area contributed by atoms with Crippen LogP contribution in [0.25, 0.3) is 0 Å². The molecule has 0 aliphatic rings. The third-order valence-electron chi connectivity index (χ3n) is 7.43. The van der Waals surface area contributed by atoms with Crippen LogP contribution in [0.3, 0.4) is 0 Å². The minimum atomic E-state index is -3.95. The lowest BCUT2D eigenvalue weighted by Crippen LogP contribution is -2.49. The van der Waals surface area contributed by atoms with Crippen molar-refractivity contribution in [2.24, 2.45) is 0 Å². The van der Waals surface area contributed by atoms with Crippen LogP contribution in [-0.2, 0) is 32.6 Å². The van der Waals surface area contributed by atoms with Crippen LogP contribution in [-0.4, -0.2) is 65.7 Å². The molecule has 1 atom stereocenters. The Bertz CT molecular complexity index is 1780. The van der Waals surface area contributed by atoms with Gasteiger partial charge in [0.2, 0.25) is 5.91 Å². The van der Waals surface area contributed by atoms with Crippen LogP contribution in [0, 0.1) is 5.82 Å². The normalized spacial score (nSPS) is 11.6. The average molecular weight is 680 g/mol. The molecule has 0 aromatic heterocycles. The summed E-state index contributed by atoms with van der Waals surface area (Å²) in [4.78, 5) is 28.1. The molecule has 0 saturated heterocycles. The van der Waals surface area contributed by atoms with E-state index in [9.17, 15) is 22.4 Å². The van der Waals surface area contributed by atoms with Gasteiger partial charge in [-0.2, -0.15) is 0 Å². The zero-order valence-corrected chi connectivity index (χ0v) is 27.9. The topological polar surface area (TPSA) is 132 Å². The Labute approximate surface area is 279 Å². The van der Waals surface area contributed by atoms with E-state index in [1.807, 2.05) is 12.1 Å². The Morgan fingerprint density at radius 2 is 1.42 bits per heavy atom. The predicted octanol–water partition coefficient (Wildman–Crippen LogP) is 4.81. The fourth-order valence-corrected chi connectivity index (χ4v) is 5.76. The van der Waals surface area contributed by atoms with Crippen LogP contribution in [0.5, 0.6) is 23.0 Å². The molecule has 2 N–H and O–H groups in total. The van der Waals surface area contributed by atoms with Gasteiger partial charge in [-0.15, -0.1) is 0 Å². The summed E-state index contributed by atoms with van der Waals surface area (Å²) in [6.07, 6.45) is 0.527. The maximum atomic E-state index is 13.5. The van der Waals surface area contributed by atoms with Crippen LogP contribution >= 0.6 is 0 Å². The molecule has 0 bridgehead atoms. The average Bonchev–Trinajstić information content (AvgIpc) is 3.10. The van der Waals surface area contributed by atoms with Crippen molar-refractivity contribution in [3.05, 3.63) is 108 Å². The molecule has 13 heteroatoms. The van der Waals surface area contributed by atoms with Gasteiger partial charge in [0, 0.05) is 18.8 Å². The van der Waals surface area contributed by atoms with Crippen molar-refractivity contribution in [1.29, 1.82) is 0 Å². The van der Waals surface area contributed by atoms with Crippen molar-refractivity contribution in [2.45, 2.75) is 30.8 Å². The molecule has 0 aliphatic carbocycles. The zero-order chi connectivity index (χ0) is 34.7. The van der Waals surface area contributed by atoms with Gasteiger partial charge in [0.1, 0.15) is 23.4 Å². The maximum Gasteiger partial charge on any atom is 0.261 e. The van der Waals surface area contributed by atoms with Gasteiger partial charge in [-0.3, -0.25) is 14.3 Å². The molecule has 0 unspecified atom stereocenters. The number of hydrogen-bond donors (Lipinski definition) is 2. The molecular formula is C35H38FN3O8S.